The molecular weight excluding hydrogens is 364 g/mol. The van der Waals surface area contributed by atoms with Gasteiger partial charge in [-0.25, -0.2) is 0 Å². The Hall–Kier alpha value is -2.80. The molecule has 2 aromatic carbocycles. The highest BCUT2D eigenvalue weighted by atomic mass is 32.1. The molecule has 0 saturated carbocycles. The Kier molecular flexibility index (Phi) is 7.88. The van der Waals surface area contributed by atoms with E-state index in [4.69, 9.17) is 26.4 Å². The van der Waals surface area contributed by atoms with Crippen molar-refractivity contribution in [3.05, 3.63) is 48.0 Å². The first-order valence-corrected chi connectivity index (χ1v) is 9.05. The number of unbranched alkanes of at least 4 members (excludes halogenated alkanes) is 1. The van der Waals surface area contributed by atoms with Gasteiger partial charge in [0.25, 0.3) is 5.91 Å². The zero-order valence-electron chi connectivity index (χ0n) is 15.7. The highest BCUT2D eigenvalue weighted by Crippen LogP contribution is 2.28. The average Bonchev–Trinajstić information content (AvgIpc) is 2.68. The summed E-state index contributed by atoms with van der Waals surface area (Å²) in [5.74, 6) is 1.65. The summed E-state index contributed by atoms with van der Waals surface area (Å²) in [6.45, 7) is 2.77. The minimum Gasteiger partial charge on any atom is -0.497 e. The molecule has 0 bridgehead atoms. The number of ether oxygens (including phenoxy) is 3. The van der Waals surface area contributed by atoms with Crippen LogP contribution in [-0.4, -0.2) is 31.8 Å². The molecular formula is C20H24N2O4S. The summed E-state index contributed by atoms with van der Waals surface area (Å²) in [4.78, 5) is 12.3. The molecule has 0 aliphatic carbocycles. The van der Waals surface area contributed by atoms with Crippen molar-refractivity contribution in [3.63, 3.8) is 0 Å². The first kappa shape index (κ1) is 20.5. The Morgan fingerprint density at radius 1 is 1.04 bits per heavy atom. The minimum absolute atomic E-state index is 0.173. The maximum atomic E-state index is 12.3. The van der Waals surface area contributed by atoms with E-state index in [0.29, 0.717) is 29.4 Å². The number of thiocarbonyl (C=S) groups is 1. The van der Waals surface area contributed by atoms with Gasteiger partial charge in [0.15, 0.2) is 5.11 Å². The van der Waals surface area contributed by atoms with Crippen molar-refractivity contribution in [1.29, 1.82) is 0 Å². The summed E-state index contributed by atoms with van der Waals surface area (Å²) in [6.07, 6.45) is 2.07. The Labute approximate surface area is 164 Å². The lowest BCUT2D eigenvalue weighted by Gasteiger charge is -2.14. The normalized spacial score (nSPS) is 10.0. The molecule has 27 heavy (non-hydrogen) atoms. The fraction of sp³-hybridized carbons (Fsp3) is 0.300. The summed E-state index contributed by atoms with van der Waals surface area (Å²) in [7, 11) is 3.12. The van der Waals surface area contributed by atoms with Crippen LogP contribution in [0.5, 0.6) is 17.2 Å². The van der Waals surface area contributed by atoms with Crippen LogP contribution < -0.4 is 24.8 Å². The molecule has 0 aliphatic rings. The number of methoxy groups -OCH3 is 2. The molecule has 0 atom stereocenters. The zero-order valence-corrected chi connectivity index (χ0v) is 16.5. The van der Waals surface area contributed by atoms with E-state index in [1.807, 2.05) is 0 Å². The Bertz CT molecular complexity index is 778. The van der Waals surface area contributed by atoms with Crippen LogP contribution in [0.4, 0.5) is 5.69 Å². The minimum atomic E-state index is -0.305. The first-order chi connectivity index (χ1) is 13.1. The van der Waals surface area contributed by atoms with Gasteiger partial charge in [0, 0.05) is 11.6 Å². The van der Waals surface area contributed by atoms with Crippen LogP contribution in [0.1, 0.15) is 30.1 Å². The number of anilines is 1. The molecule has 0 unspecified atom stereocenters. The molecule has 0 aliphatic heterocycles. The molecule has 6 nitrogen and oxygen atoms in total. The summed E-state index contributed by atoms with van der Waals surface area (Å²) in [5, 5.41) is 5.78. The Morgan fingerprint density at radius 2 is 1.74 bits per heavy atom. The van der Waals surface area contributed by atoms with Gasteiger partial charge in [0.05, 0.1) is 26.5 Å². The number of carbonyl (C=O) groups excluding carboxylic acids is 1. The highest BCUT2D eigenvalue weighted by molar-refractivity contribution is 7.80. The van der Waals surface area contributed by atoms with Gasteiger partial charge in [-0.15, -0.1) is 0 Å². The van der Waals surface area contributed by atoms with Gasteiger partial charge in [0.2, 0.25) is 0 Å². The van der Waals surface area contributed by atoms with Gasteiger partial charge >= 0.3 is 0 Å². The topological polar surface area (TPSA) is 68.8 Å². The second-order valence-electron chi connectivity index (χ2n) is 5.70. The number of rotatable bonds is 8. The van der Waals surface area contributed by atoms with Crippen molar-refractivity contribution in [1.82, 2.24) is 5.32 Å². The van der Waals surface area contributed by atoms with E-state index in [2.05, 4.69) is 17.6 Å². The maximum absolute atomic E-state index is 12.3. The van der Waals surface area contributed by atoms with E-state index in [1.165, 1.54) is 0 Å². The molecule has 7 heteroatoms. The van der Waals surface area contributed by atoms with Crippen molar-refractivity contribution in [2.24, 2.45) is 0 Å². The van der Waals surface area contributed by atoms with E-state index in [-0.39, 0.29) is 11.0 Å². The summed E-state index contributed by atoms with van der Waals surface area (Å²) in [6, 6.07) is 12.2. The third kappa shape index (κ3) is 6.14. The molecule has 2 rings (SSSR count). The lowest BCUT2D eigenvalue weighted by atomic mass is 10.2. The smallest absolute Gasteiger partial charge is 0.257 e. The van der Waals surface area contributed by atoms with Gasteiger partial charge < -0.3 is 19.5 Å². The number of benzene rings is 2. The number of carbonyl (C=O) groups is 1. The second-order valence-corrected chi connectivity index (χ2v) is 6.11. The predicted octanol–water partition coefficient (Wildman–Crippen LogP) is 4.01. The lowest BCUT2D eigenvalue weighted by molar-refractivity contribution is 0.0977. The molecule has 0 fully saturated rings. The van der Waals surface area contributed by atoms with Crippen LogP contribution in [0.2, 0.25) is 0 Å². The predicted molar refractivity (Wildman–Crippen MR) is 110 cm³/mol. The maximum Gasteiger partial charge on any atom is 0.257 e. The number of amides is 1. The fourth-order valence-electron chi connectivity index (χ4n) is 2.27. The van der Waals surface area contributed by atoms with Gasteiger partial charge in [-0.3, -0.25) is 10.1 Å². The van der Waals surface area contributed by atoms with Gasteiger partial charge in [-0.2, -0.15) is 0 Å². The van der Waals surface area contributed by atoms with E-state index in [1.54, 1.807) is 56.7 Å². The van der Waals surface area contributed by atoms with Crippen molar-refractivity contribution in [2.45, 2.75) is 19.8 Å². The van der Waals surface area contributed by atoms with Crippen LogP contribution in [0, 0.1) is 0 Å². The average molecular weight is 388 g/mol. The molecule has 1 amide bonds. The van der Waals surface area contributed by atoms with Crippen molar-refractivity contribution in [3.8, 4) is 17.2 Å². The fourth-order valence-corrected chi connectivity index (χ4v) is 2.47. The van der Waals surface area contributed by atoms with Crippen LogP contribution in [0.3, 0.4) is 0 Å². The summed E-state index contributed by atoms with van der Waals surface area (Å²) in [5.41, 5.74) is 1.12. The molecule has 2 N–H and O–H groups in total. The molecule has 0 aromatic heterocycles. The Morgan fingerprint density at radius 3 is 2.37 bits per heavy atom. The van der Waals surface area contributed by atoms with Crippen molar-refractivity contribution < 1.29 is 19.0 Å². The van der Waals surface area contributed by atoms with Crippen LogP contribution in [-0.2, 0) is 0 Å². The molecule has 0 spiro atoms. The number of nitrogens with one attached hydrogen (secondary N) is 2. The molecule has 2 aromatic rings. The molecule has 0 heterocycles. The second kappa shape index (κ2) is 10.4. The van der Waals surface area contributed by atoms with E-state index < -0.39 is 0 Å². The SMILES string of the molecule is CCCCOc1ccc(C(=O)NC(=S)Nc2ccc(OC)cc2OC)cc1. The summed E-state index contributed by atoms with van der Waals surface area (Å²) < 4.78 is 16.1. The van der Waals surface area contributed by atoms with Crippen molar-refractivity contribution in [2.75, 3.05) is 26.1 Å². The van der Waals surface area contributed by atoms with Crippen LogP contribution in [0.25, 0.3) is 0 Å². The standard InChI is InChI=1S/C20H24N2O4S/c1-4-5-12-26-15-8-6-14(7-9-15)19(23)22-20(27)21-17-11-10-16(24-2)13-18(17)25-3/h6-11,13H,4-5,12H2,1-3H3,(H2,21,22,23,27). The summed E-state index contributed by atoms with van der Waals surface area (Å²) >= 11 is 5.22. The van der Waals surface area contributed by atoms with Gasteiger partial charge in [-0.05, 0) is 55.0 Å². The first-order valence-electron chi connectivity index (χ1n) is 8.64. The quantitative estimate of drug-likeness (QED) is 0.526. The number of hydrogen-bond acceptors (Lipinski definition) is 5. The van der Waals surface area contributed by atoms with Crippen LogP contribution in [0.15, 0.2) is 42.5 Å². The molecule has 0 radical (unpaired) electrons. The van der Waals surface area contributed by atoms with Gasteiger partial charge in [0.1, 0.15) is 17.2 Å². The van der Waals surface area contributed by atoms with E-state index >= 15 is 0 Å². The largest absolute Gasteiger partial charge is 0.497 e. The van der Waals surface area contributed by atoms with E-state index in [0.717, 1.165) is 18.6 Å². The van der Waals surface area contributed by atoms with Gasteiger partial charge in [-0.1, -0.05) is 13.3 Å². The molecule has 0 saturated heterocycles. The van der Waals surface area contributed by atoms with E-state index in [9.17, 15) is 4.79 Å². The third-order valence-corrected chi connectivity index (χ3v) is 3.97. The number of hydrogen-bond donors (Lipinski definition) is 2. The monoisotopic (exact) mass is 388 g/mol. The third-order valence-electron chi connectivity index (χ3n) is 3.77. The Balaban J connectivity index is 1.94. The van der Waals surface area contributed by atoms with Crippen molar-refractivity contribution >= 4 is 28.9 Å². The molecule has 144 valence electrons. The van der Waals surface area contributed by atoms with Crippen LogP contribution >= 0.6 is 12.2 Å². The highest BCUT2D eigenvalue weighted by Gasteiger charge is 2.11. The zero-order chi connectivity index (χ0) is 19.6. The lowest BCUT2D eigenvalue weighted by Crippen LogP contribution is -2.34.